The summed E-state index contributed by atoms with van der Waals surface area (Å²) in [5.41, 5.74) is 11.6. The van der Waals surface area contributed by atoms with Gasteiger partial charge in [-0.15, -0.1) is 0 Å². The summed E-state index contributed by atoms with van der Waals surface area (Å²) in [6, 6.07) is -0.819. The molecule has 0 saturated carbocycles. The second-order valence-corrected chi connectivity index (χ2v) is 15.4. The molecule has 11 N–H and O–H groups in total. The fraction of sp³-hybridized carbons (Fsp3) is 0.575. The Morgan fingerprint density at radius 3 is 2.32 bits per heavy atom. The quantitative estimate of drug-likeness (QED) is 0.0491. The zero-order valence-electron chi connectivity index (χ0n) is 34.4. The number of rotatable bonds is 13. The molecule has 0 aliphatic carbocycles. The molecule has 2 heterocycles. The molecule has 1 fully saturated rings. The second-order valence-electron chi connectivity index (χ2n) is 15.4. The number of carbonyl (C=O) groups excluding carboxylic acids is 8. The van der Waals surface area contributed by atoms with Crippen molar-refractivity contribution in [2.45, 2.75) is 116 Å². The molecule has 1 unspecified atom stereocenters. The Morgan fingerprint density at radius 1 is 0.983 bits per heavy atom. The highest BCUT2D eigenvalue weighted by atomic mass is 16.3. The van der Waals surface area contributed by atoms with Gasteiger partial charge in [-0.25, -0.2) is 0 Å². The van der Waals surface area contributed by atoms with E-state index in [0.29, 0.717) is 18.4 Å². The maximum Gasteiger partial charge on any atom is 0.290 e. The second kappa shape index (κ2) is 22.8. The van der Waals surface area contributed by atoms with Gasteiger partial charge in [0.25, 0.3) is 5.91 Å². The van der Waals surface area contributed by atoms with Crippen molar-refractivity contribution in [3.8, 4) is 5.75 Å². The van der Waals surface area contributed by atoms with Crippen molar-refractivity contribution >= 4 is 53.1 Å². The van der Waals surface area contributed by atoms with Crippen LogP contribution in [0.3, 0.4) is 0 Å². The molecule has 0 spiro atoms. The SMILES string of the molecule is CC[C@H](C)[C@H]1NC(=O)C(=O)[C@H](CCCN=C(N)N)NC(=O)C2CCCN2C(=O)[C@@H](NC(=O)[C@H](C)NC(=O)CC(C)C)CNC(=O)/C=C/[C@H](Cc2ccc(O)cc2)NC1=O. The number of hydrogen-bond acceptors (Lipinski definition) is 10. The third-order valence-electron chi connectivity index (χ3n) is 10.1. The van der Waals surface area contributed by atoms with Crippen molar-refractivity contribution in [1.82, 2.24) is 36.8 Å². The predicted octanol–water partition coefficient (Wildman–Crippen LogP) is -1.23. The first-order valence-corrected chi connectivity index (χ1v) is 20.0. The maximum absolute atomic E-state index is 14.2. The number of amides is 7. The molecule has 7 amide bonds. The fourth-order valence-corrected chi connectivity index (χ4v) is 6.64. The topological polar surface area (TPSA) is 297 Å². The van der Waals surface area contributed by atoms with Crippen LogP contribution in [0, 0.1) is 11.8 Å². The molecule has 0 bridgehead atoms. The van der Waals surface area contributed by atoms with Crippen LogP contribution < -0.4 is 43.4 Å². The lowest BCUT2D eigenvalue weighted by atomic mass is 9.96. The number of aliphatic imine (C=N–C) groups is 1. The zero-order chi connectivity index (χ0) is 43.8. The minimum Gasteiger partial charge on any atom is -0.508 e. The third-order valence-corrected chi connectivity index (χ3v) is 10.1. The molecule has 0 radical (unpaired) electrons. The maximum atomic E-state index is 14.2. The normalized spacial score (nSPS) is 23.8. The van der Waals surface area contributed by atoms with E-state index in [-0.39, 0.29) is 68.7 Å². The van der Waals surface area contributed by atoms with Gasteiger partial charge >= 0.3 is 0 Å². The van der Waals surface area contributed by atoms with Crippen LogP contribution in [0.4, 0.5) is 0 Å². The summed E-state index contributed by atoms with van der Waals surface area (Å²) in [6.45, 7) is 8.43. The van der Waals surface area contributed by atoms with Gasteiger partial charge in [0.05, 0.1) is 12.1 Å². The van der Waals surface area contributed by atoms with Crippen LogP contribution in [0.1, 0.15) is 78.7 Å². The van der Waals surface area contributed by atoms with Crippen LogP contribution >= 0.6 is 0 Å². The summed E-state index contributed by atoms with van der Waals surface area (Å²) in [5.74, 6) is -6.63. The zero-order valence-corrected chi connectivity index (χ0v) is 34.4. The average molecular weight is 825 g/mol. The van der Waals surface area contributed by atoms with E-state index in [2.05, 4.69) is 36.9 Å². The van der Waals surface area contributed by atoms with Crippen LogP contribution in [-0.4, -0.2) is 119 Å². The van der Waals surface area contributed by atoms with E-state index in [1.165, 1.54) is 30.0 Å². The molecule has 1 saturated heterocycles. The van der Waals surface area contributed by atoms with Crippen molar-refractivity contribution in [3.63, 3.8) is 0 Å². The van der Waals surface area contributed by atoms with Crippen molar-refractivity contribution in [2.24, 2.45) is 28.3 Å². The Hall–Kier alpha value is -6.01. The van der Waals surface area contributed by atoms with Gasteiger partial charge in [-0.3, -0.25) is 43.3 Å². The van der Waals surface area contributed by atoms with Gasteiger partial charge in [0.15, 0.2) is 5.96 Å². The van der Waals surface area contributed by atoms with Crippen LogP contribution in [0.5, 0.6) is 5.75 Å². The monoisotopic (exact) mass is 824 g/mol. The van der Waals surface area contributed by atoms with Gasteiger partial charge in [-0.05, 0) is 68.6 Å². The standard InChI is InChI=1S/C40H60N10O9/c1-6-23(4)33-37(57)46-26(20-25-11-14-27(51)15-12-25)13-16-31(52)44-21-29(48-35(55)24(5)45-32(53)19-22(2)3)39(59)50-18-8-10-30(50)36(56)47-28(34(54)38(58)49-33)9-7-17-43-40(41)42/h11-16,22-24,26,28-30,33,51H,6-10,17-21H2,1-5H3,(H,44,52)(H,45,53)(H,46,57)(H,47,56)(H,48,55)(H,49,58)(H4,41,42,43)/b16-13+/t23-,24-,26+,28-,29-,30?,33+/m0/s1. The van der Waals surface area contributed by atoms with E-state index in [4.69, 9.17) is 11.5 Å². The van der Waals surface area contributed by atoms with E-state index < -0.39 is 89.9 Å². The van der Waals surface area contributed by atoms with Crippen molar-refractivity contribution < 1.29 is 43.5 Å². The van der Waals surface area contributed by atoms with E-state index >= 15 is 0 Å². The van der Waals surface area contributed by atoms with Crippen LogP contribution in [0.25, 0.3) is 0 Å². The average Bonchev–Trinajstić information content (AvgIpc) is 3.68. The Bertz CT molecular complexity index is 1750. The molecule has 2 aliphatic rings. The number of fused-ring (bicyclic) bond motifs is 1. The molecule has 0 aromatic heterocycles. The Morgan fingerprint density at radius 2 is 1.68 bits per heavy atom. The van der Waals surface area contributed by atoms with E-state index in [1.54, 1.807) is 26.0 Å². The van der Waals surface area contributed by atoms with Crippen molar-refractivity contribution in [1.29, 1.82) is 0 Å². The molecule has 324 valence electrons. The van der Waals surface area contributed by atoms with Crippen LogP contribution in [0.2, 0.25) is 0 Å². The number of nitrogens with one attached hydrogen (secondary N) is 6. The lowest BCUT2D eigenvalue weighted by Crippen LogP contribution is -2.60. The number of guanidine groups is 1. The Kier molecular flexibility index (Phi) is 18.3. The first kappa shape index (κ1) is 47.4. The van der Waals surface area contributed by atoms with Gasteiger partial charge in [-0.2, -0.15) is 0 Å². The highest BCUT2D eigenvalue weighted by Crippen LogP contribution is 2.20. The summed E-state index contributed by atoms with van der Waals surface area (Å²) >= 11 is 0. The molecule has 19 heteroatoms. The molecule has 19 nitrogen and oxygen atoms in total. The minimum absolute atomic E-state index is 0.0203. The number of nitrogens with two attached hydrogens (primary N) is 2. The molecule has 59 heavy (non-hydrogen) atoms. The largest absolute Gasteiger partial charge is 0.508 e. The lowest BCUT2D eigenvalue weighted by Gasteiger charge is -2.30. The Labute approximate surface area is 344 Å². The predicted molar refractivity (Wildman–Crippen MR) is 218 cm³/mol. The number of Topliss-reactive ketones (excluding diaryl/α,β-unsaturated/α-hetero) is 1. The third kappa shape index (κ3) is 15.0. The first-order chi connectivity index (χ1) is 27.9. The van der Waals surface area contributed by atoms with Gasteiger partial charge in [0, 0.05) is 32.1 Å². The number of phenolic OH excluding ortho intramolecular Hbond substituents is 1. The van der Waals surface area contributed by atoms with E-state index in [9.17, 15) is 43.5 Å². The molecule has 7 atom stereocenters. The number of hydrogen-bond donors (Lipinski definition) is 9. The molecule has 2 aliphatic heterocycles. The van der Waals surface area contributed by atoms with Crippen LogP contribution in [0.15, 0.2) is 41.4 Å². The molecule has 1 aromatic rings. The smallest absolute Gasteiger partial charge is 0.290 e. The molecular weight excluding hydrogens is 765 g/mol. The van der Waals surface area contributed by atoms with Gasteiger partial charge in [-0.1, -0.05) is 52.3 Å². The van der Waals surface area contributed by atoms with Crippen molar-refractivity contribution in [3.05, 3.63) is 42.0 Å². The number of aromatic hydroxyl groups is 1. The molecular formula is C40H60N10O9. The first-order valence-electron chi connectivity index (χ1n) is 20.0. The van der Waals surface area contributed by atoms with Crippen LogP contribution in [-0.2, 0) is 44.8 Å². The van der Waals surface area contributed by atoms with E-state index in [1.807, 2.05) is 13.8 Å². The fourth-order valence-electron chi connectivity index (χ4n) is 6.64. The number of nitrogens with zero attached hydrogens (tertiary/aromatic N) is 2. The Balaban J connectivity index is 2.05. The van der Waals surface area contributed by atoms with Crippen molar-refractivity contribution in [2.75, 3.05) is 19.6 Å². The van der Waals surface area contributed by atoms with E-state index in [0.717, 1.165) is 6.08 Å². The highest BCUT2D eigenvalue weighted by Gasteiger charge is 2.40. The molecule has 1 aromatic carbocycles. The summed E-state index contributed by atoms with van der Waals surface area (Å²) < 4.78 is 0. The summed E-state index contributed by atoms with van der Waals surface area (Å²) in [6.07, 6.45) is 3.99. The molecule has 3 rings (SSSR count). The summed E-state index contributed by atoms with van der Waals surface area (Å²) in [7, 11) is 0. The van der Waals surface area contributed by atoms with Gasteiger partial charge in [0.2, 0.25) is 41.2 Å². The highest BCUT2D eigenvalue weighted by molar-refractivity contribution is 6.38. The number of benzene rings is 1. The minimum atomic E-state index is -1.40. The van der Waals surface area contributed by atoms with Gasteiger partial charge < -0.3 is 53.4 Å². The van der Waals surface area contributed by atoms with Gasteiger partial charge in [0.1, 0.15) is 29.9 Å². The summed E-state index contributed by atoms with van der Waals surface area (Å²) in [4.78, 5) is 114. The lowest BCUT2D eigenvalue weighted by molar-refractivity contribution is -0.144. The number of carbonyl (C=O) groups is 8. The number of phenols is 1. The number of ketones is 1. The summed E-state index contributed by atoms with van der Waals surface area (Å²) in [5, 5.41) is 25.7.